The zero-order valence-electron chi connectivity index (χ0n) is 32.9. The van der Waals surface area contributed by atoms with Gasteiger partial charge in [0.15, 0.2) is 0 Å². The number of carbonyl (C=O) groups excluding carboxylic acids is 8. The molecule has 10 rings (SSSR count). The van der Waals surface area contributed by atoms with Crippen molar-refractivity contribution in [2.75, 3.05) is 13.3 Å². The highest BCUT2D eigenvalue weighted by atomic mass is 16.2. The summed E-state index contributed by atoms with van der Waals surface area (Å²) in [4.78, 5) is 111. The van der Waals surface area contributed by atoms with Gasteiger partial charge in [0.2, 0.25) is 0 Å². The number of nitrogens with zero attached hydrogens (tertiary/aromatic N) is 4. The van der Waals surface area contributed by atoms with Crippen molar-refractivity contribution >= 4 is 47.3 Å². The van der Waals surface area contributed by atoms with Crippen LogP contribution < -0.4 is 0 Å². The quantitative estimate of drug-likeness (QED) is 0.138. The SMILES string of the molecule is C.O=C1c2ccc(C#Cc3ccccc3)cc2C(=O)N1CN1C(=O)c2ccc(Cc3ccc4c(c3)C(=O)N(CN3C(=O)c5ccc(C#Cc6ccccc6)cc5C3=O)C4=O)cc2C1=O. The molecule has 4 heterocycles. The van der Waals surface area contributed by atoms with Gasteiger partial charge < -0.3 is 0 Å². The Morgan fingerprint density at radius 3 is 0.922 bits per heavy atom. The molecule has 0 radical (unpaired) electrons. The first-order chi connectivity index (χ1) is 30.5. The second-order valence-corrected chi connectivity index (χ2v) is 15.1. The molecular formula is C52H32N4O8. The molecule has 8 amide bonds. The first-order valence-corrected chi connectivity index (χ1v) is 19.7. The van der Waals surface area contributed by atoms with Gasteiger partial charge in [0.25, 0.3) is 47.3 Å². The monoisotopic (exact) mass is 840 g/mol. The Bertz CT molecular complexity index is 3030. The highest BCUT2D eigenvalue weighted by molar-refractivity contribution is 6.25. The second kappa shape index (κ2) is 15.8. The molecule has 0 aromatic heterocycles. The van der Waals surface area contributed by atoms with Crippen LogP contribution in [-0.2, 0) is 6.42 Å². The average molecular weight is 841 g/mol. The number of amides is 8. The summed E-state index contributed by atoms with van der Waals surface area (Å²) < 4.78 is 0. The predicted octanol–water partition coefficient (Wildman–Crippen LogP) is 6.41. The molecule has 0 bridgehead atoms. The molecule has 0 spiro atoms. The molecule has 64 heavy (non-hydrogen) atoms. The van der Waals surface area contributed by atoms with Crippen LogP contribution in [0.1, 0.15) is 124 Å². The van der Waals surface area contributed by atoms with Gasteiger partial charge in [0.1, 0.15) is 13.3 Å². The van der Waals surface area contributed by atoms with Gasteiger partial charge in [-0.25, -0.2) is 0 Å². The van der Waals surface area contributed by atoms with E-state index in [4.69, 9.17) is 0 Å². The summed E-state index contributed by atoms with van der Waals surface area (Å²) in [6.07, 6.45) is 0.200. The Balaban J connectivity index is 0.00000518. The first-order valence-electron chi connectivity index (χ1n) is 19.7. The van der Waals surface area contributed by atoms with Crippen molar-refractivity contribution in [2.24, 2.45) is 0 Å². The fourth-order valence-electron chi connectivity index (χ4n) is 8.00. The number of imide groups is 4. The Hall–Kier alpha value is -9.00. The second-order valence-electron chi connectivity index (χ2n) is 15.1. The summed E-state index contributed by atoms with van der Waals surface area (Å²) in [7, 11) is 0. The van der Waals surface area contributed by atoms with Crippen molar-refractivity contribution in [3.63, 3.8) is 0 Å². The van der Waals surface area contributed by atoms with E-state index in [1.54, 1.807) is 36.4 Å². The van der Waals surface area contributed by atoms with Crippen molar-refractivity contribution in [2.45, 2.75) is 13.8 Å². The lowest BCUT2D eigenvalue weighted by atomic mass is 9.98. The smallest absolute Gasteiger partial charge is 0.263 e. The van der Waals surface area contributed by atoms with Crippen LogP contribution >= 0.6 is 0 Å². The Labute approximate surface area is 366 Å². The Morgan fingerprint density at radius 1 is 0.297 bits per heavy atom. The van der Waals surface area contributed by atoms with Gasteiger partial charge in [0, 0.05) is 22.3 Å². The van der Waals surface area contributed by atoms with Gasteiger partial charge in [-0.15, -0.1) is 0 Å². The van der Waals surface area contributed by atoms with Crippen molar-refractivity contribution in [1.29, 1.82) is 0 Å². The summed E-state index contributed by atoms with van der Waals surface area (Å²) in [5, 5.41) is 0. The summed E-state index contributed by atoms with van der Waals surface area (Å²) >= 11 is 0. The van der Waals surface area contributed by atoms with Crippen molar-refractivity contribution in [3.8, 4) is 23.7 Å². The molecule has 6 aromatic rings. The third-order valence-electron chi connectivity index (χ3n) is 11.2. The molecule has 0 saturated heterocycles. The van der Waals surface area contributed by atoms with Crippen LogP contribution in [-0.4, -0.2) is 80.2 Å². The Morgan fingerprint density at radius 2 is 0.578 bits per heavy atom. The lowest BCUT2D eigenvalue weighted by molar-refractivity contribution is 0.0442. The number of benzene rings is 6. The standard InChI is InChI=1S/C51H28N4O8.CH4/c56-44-36-19-15-32(13-11-30-7-3-1-4-8-30)24-40(36)48(60)52(44)28-54-46(58)38-21-17-34(26-42(38)50(54)62)23-35-18-22-39-43(27-35)51(63)55(47(39)59)29-53-45(57)37-20-16-33(25-41(37)49(53)61)14-12-31-9-5-2-6-10-31;/h1-10,15-22,24-27H,23,28-29H2;1H4. The highest BCUT2D eigenvalue weighted by Gasteiger charge is 2.44. The fourth-order valence-corrected chi connectivity index (χ4v) is 8.00. The van der Waals surface area contributed by atoms with E-state index in [2.05, 4.69) is 23.7 Å². The molecule has 6 aromatic carbocycles. The van der Waals surface area contributed by atoms with Gasteiger partial charge in [0.05, 0.1) is 44.5 Å². The summed E-state index contributed by atoms with van der Waals surface area (Å²) in [6, 6.07) is 37.3. The molecule has 308 valence electrons. The topological polar surface area (TPSA) is 150 Å². The Kier molecular flexibility index (Phi) is 9.97. The number of hydrogen-bond acceptors (Lipinski definition) is 8. The average Bonchev–Trinajstić information content (AvgIpc) is 3.88. The lowest BCUT2D eigenvalue weighted by Gasteiger charge is -2.20. The maximum atomic E-state index is 13.7. The van der Waals surface area contributed by atoms with Crippen LogP contribution in [0.3, 0.4) is 0 Å². The molecule has 0 aliphatic carbocycles. The zero-order chi connectivity index (χ0) is 43.5. The van der Waals surface area contributed by atoms with Gasteiger partial charge in [-0.1, -0.05) is 79.6 Å². The molecule has 12 nitrogen and oxygen atoms in total. The van der Waals surface area contributed by atoms with Crippen molar-refractivity contribution < 1.29 is 38.4 Å². The van der Waals surface area contributed by atoms with E-state index in [9.17, 15) is 38.4 Å². The minimum absolute atomic E-state index is 0. The third kappa shape index (κ3) is 6.82. The number of carbonyl (C=O) groups is 8. The van der Waals surface area contributed by atoms with E-state index in [0.29, 0.717) is 22.3 Å². The van der Waals surface area contributed by atoms with Crippen LogP contribution in [0.15, 0.2) is 133 Å². The van der Waals surface area contributed by atoms with E-state index in [1.807, 2.05) is 60.7 Å². The number of hydrogen-bond donors (Lipinski definition) is 0. The first kappa shape index (κ1) is 40.4. The van der Waals surface area contributed by atoms with Crippen LogP contribution in [0.4, 0.5) is 0 Å². The number of fused-ring (bicyclic) bond motifs is 4. The third-order valence-corrected chi connectivity index (χ3v) is 11.2. The summed E-state index contributed by atoms with van der Waals surface area (Å²) in [5.74, 6) is 6.76. The van der Waals surface area contributed by atoms with Crippen LogP contribution in [0.25, 0.3) is 0 Å². The van der Waals surface area contributed by atoms with Gasteiger partial charge in [-0.3, -0.25) is 58.0 Å². The largest absolute Gasteiger partial charge is 0.269 e. The van der Waals surface area contributed by atoms with E-state index < -0.39 is 60.6 Å². The van der Waals surface area contributed by atoms with Crippen LogP contribution in [0, 0.1) is 23.7 Å². The molecule has 0 atom stereocenters. The fraction of sp³-hybridized carbons (Fsp3) is 0.0769. The molecule has 0 saturated carbocycles. The minimum atomic E-state index is -0.683. The van der Waals surface area contributed by atoms with E-state index in [0.717, 1.165) is 30.7 Å². The van der Waals surface area contributed by atoms with Crippen molar-refractivity contribution in [1.82, 2.24) is 19.6 Å². The van der Waals surface area contributed by atoms with Crippen LogP contribution in [0.5, 0.6) is 0 Å². The maximum absolute atomic E-state index is 13.7. The molecule has 4 aliphatic rings. The van der Waals surface area contributed by atoms with Crippen molar-refractivity contribution in [3.05, 3.63) is 211 Å². The van der Waals surface area contributed by atoms with Gasteiger partial charge in [-0.05, 0) is 102 Å². The molecule has 12 heteroatoms. The van der Waals surface area contributed by atoms with Gasteiger partial charge >= 0.3 is 0 Å². The molecular weight excluding hydrogens is 809 g/mol. The van der Waals surface area contributed by atoms with E-state index in [-0.39, 0.29) is 58.4 Å². The molecule has 0 unspecified atom stereocenters. The number of rotatable bonds is 6. The zero-order valence-corrected chi connectivity index (χ0v) is 32.9. The minimum Gasteiger partial charge on any atom is -0.269 e. The normalized spacial score (nSPS) is 14.5. The summed E-state index contributed by atoms with van der Waals surface area (Å²) in [6.45, 7) is -1.16. The van der Waals surface area contributed by atoms with Gasteiger partial charge in [-0.2, -0.15) is 0 Å². The molecule has 0 N–H and O–H groups in total. The summed E-state index contributed by atoms with van der Waals surface area (Å²) in [5.41, 5.74) is 4.73. The van der Waals surface area contributed by atoms with Crippen LogP contribution in [0.2, 0.25) is 0 Å². The maximum Gasteiger partial charge on any atom is 0.263 e. The van der Waals surface area contributed by atoms with E-state index in [1.165, 1.54) is 36.4 Å². The molecule has 4 aliphatic heterocycles. The highest BCUT2D eigenvalue weighted by Crippen LogP contribution is 2.32. The lowest BCUT2D eigenvalue weighted by Crippen LogP contribution is -2.43. The van der Waals surface area contributed by atoms with E-state index >= 15 is 0 Å². The predicted molar refractivity (Wildman–Crippen MR) is 232 cm³/mol. The molecule has 0 fully saturated rings.